The second kappa shape index (κ2) is 8.88. The molecule has 1 heterocycles. The average Bonchev–Trinajstić information content (AvgIpc) is 3.24. The van der Waals surface area contributed by atoms with E-state index in [9.17, 15) is 9.59 Å². The number of methoxy groups -OCH3 is 2. The third-order valence-electron chi connectivity index (χ3n) is 5.22. The number of nitrogens with one attached hydrogen (secondary N) is 2. The second-order valence-electron chi connectivity index (χ2n) is 7.26. The van der Waals surface area contributed by atoms with Gasteiger partial charge in [0.05, 0.1) is 30.7 Å². The number of amides is 1. The number of aromatic nitrogens is 1. The highest BCUT2D eigenvalue weighted by atomic mass is 79.9. The van der Waals surface area contributed by atoms with Crippen LogP contribution in [0.5, 0.6) is 11.5 Å². The number of carbonyl (C=O) groups is 2. The summed E-state index contributed by atoms with van der Waals surface area (Å²) in [6, 6.07) is 16.7. The van der Waals surface area contributed by atoms with Gasteiger partial charge in [0.15, 0.2) is 0 Å². The first kappa shape index (κ1) is 21.6. The Labute approximate surface area is 193 Å². The van der Waals surface area contributed by atoms with Gasteiger partial charge in [0.1, 0.15) is 11.5 Å². The maximum absolute atomic E-state index is 13.2. The fourth-order valence-electron chi connectivity index (χ4n) is 3.61. The maximum Gasteiger partial charge on any atom is 0.296 e. The van der Waals surface area contributed by atoms with Crippen LogP contribution in [0.25, 0.3) is 22.0 Å². The van der Waals surface area contributed by atoms with Crippen molar-refractivity contribution >= 4 is 44.2 Å². The SMILES string of the molecule is COc1cc(OC)c2c(-c3ccc(Br)cc3)c[nH]c2c1C(=O)C(=O)Nc1ccc(C)cc1. The molecule has 0 atom stereocenters. The van der Waals surface area contributed by atoms with E-state index in [1.165, 1.54) is 7.11 Å². The number of benzene rings is 3. The topological polar surface area (TPSA) is 80.4 Å². The fourth-order valence-corrected chi connectivity index (χ4v) is 3.87. The number of rotatable bonds is 6. The van der Waals surface area contributed by atoms with Crippen molar-refractivity contribution in [3.8, 4) is 22.6 Å². The Kier molecular flexibility index (Phi) is 6.01. The summed E-state index contributed by atoms with van der Waals surface area (Å²) in [5.74, 6) is -0.674. The number of aryl methyl sites for hydroxylation is 1. The summed E-state index contributed by atoms with van der Waals surface area (Å²) in [7, 11) is 3.01. The van der Waals surface area contributed by atoms with Gasteiger partial charge in [-0.15, -0.1) is 0 Å². The number of Topliss-reactive ketones (excluding diaryl/α,β-unsaturated/α-hetero) is 1. The minimum atomic E-state index is -0.751. The van der Waals surface area contributed by atoms with Gasteiger partial charge in [-0.1, -0.05) is 45.8 Å². The molecule has 0 aliphatic carbocycles. The molecule has 2 N–H and O–H groups in total. The Bertz CT molecular complexity index is 1310. The van der Waals surface area contributed by atoms with E-state index in [0.717, 1.165) is 21.2 Å². The first-order valence-corrected chi connectivity index (χ1v) is 10.7. The molecule has 0 saturated heterocycles. The van der Waals surface area contributed by atoms with Crippen molar-refractivity contribution in [2.24, 2.45) is 0 Å². The zero-order valence-corrected chi connectivity index (χ0v) is 19.4. The summed E-state index contributed by atoms with van der Waals surface area (Å²) in [5.41, 5.74) is 4.00. The first-order chi connectivity index (χ1) is 15.4. The van der Waals surface area contributed by atoms with E-state index in [2.05, 4.69) is 26.2 Å². The molecule has 4 aromatic rings. The lowest BCUT2D eigenvalue weighted by Gasteiger charge is -2.13. The van der Waals surface area contributed by atoms with Crippen molar-refractivity contribution in [1.82, 2.24) is 4.98 Å². The lowest BCUT2D eigenvalue weighted by Crippen LogP contribution is -2.23. The average molecular weight is 493 g/mol. The Morgan fingerprint density at radius 2 is 1.59 bits per heavy atom. The van der Waals surface area contributed by atoms with Gasteiger partial charge in [-0.2, -0.15) is 0 Å². The summed E-state index contributed by atoms with van der Waals surface area (Å²) < 4.78 is 12.0. The Morgan fingerprint density at radius 1 is 0.938 bits per heavy atom. The number of anilines is 1. The van der Waals surface area contributed by atoms with Crippen molar-refractivity contribution in [2.75, 3.05) is 19.5 Å². The van der Waals surface area contributed by atoms with Crippen molar-refractivity contribution in [1.29, 1.82) is 0 Å². The highest BCUT2D eigenvalue weighted by Gasteiger charge is 2.27. The van der Waals surface area contributed by atoms with E-state index in [-0.39, 0.29) is 11.3 Å². The molecule has 0 aliphatic rings. The summed E-state index contributed by atoms with van der Waals surface area (Å²) in [6.07, 6.45) is 1.80. The van der Waals surface area contributed by atoms with Crippen LogP contribution in [0.2, 0.25) is 0 Å². The zero-order valence-electron chi connectivity index (χ0n) is 17.8. The minimum Gasteiger partial charge on any atom is -0.496 e. The van der Waals surface area contributed by atoms with Crippen molar-refractivity contribution < 1.29 is 19.1 Å². The standard InChI is InChI=1S/C25H21BrN2O4/c1-14-4-10-17(11-5-14)28-25(30)24(29)22-20(32-3)12-19(31-2)21-18(13-27-23(21)22)15-6-8-16(26)9-7-15/h4-13,27H,1-3H3,(H,28,30). The normalized spacial score (nSPS) is 10.8. The van der Waals surface area contributed by atoms with Gasteiger partial charge in [0, 0.05) is 28.0 Å². The molecule has 0 spiro atoms. The number of ether oxygens (including phenoxy) is 2. The van der Waals surface area contributed by atoms with E-state index in [1.807, 2.05) is 43.3 Å². The molecular weight excluding hydrogens is 472 g/mol. The lowest BCUT2D eigenvalue weighted by atomic mass is 9.99. The van der Waals surface area contributed by atoms with E-state index in [4.69, 9.17) is 9.47 Å². The number of aromatic amines is 1. The van der Waals surface area contributed by atoms with Crippen molar-refractivity contribution in [2.45, 2.75) is 6.92 Å². The van der Waals surface area contributed by atoms with Crippen LogP contribution in [0.3, 0.4) is 0 Å². The number of carbonyl (C=O) groups excluding carboxylic acids is 2. The second-order valence-corrected chi connectivity index (χ2v) is 8.18. The molecule has 4 rings (SSSR count). The number of H-pyrrole nitrogens is 1. The highest BCUT2D eigenvalue weighted by Crippen LogP contribution is 2.41. The van der Waals surface area contributed by atoms with Gasteiger partial charge in [-0.25, -0.2) is 0 Å². The third-order valence-corrected chi connectivity index (χ3v) is 5.75. The zero-order chi connectivity index (χ0) is 22.8. The third kappa shape index (κ3) is 3.99. The van der Waals surface area contributed by atoms with Gasteiger partial charge in [0.2, 0.25) is 0 Å². The van der Waals surface area contributed by atoms with Crippen LogP contribution in [-0.4, -0.2) is 30.9 Å². The molecule has 162 valence electrons. The van der Waals surface area contributed by atoms with E-state index < -0.39 is 11.7 Å². The first-order valence-electron chi connectivity index (χ1n) is 9.87. The highest BCUT2D eigenvalue weighted by molar-refractivity contribution is 9.10. The smallest absolute Gasteiger partial charge is 0.296 e. The maximum atomic E-state index is 13.2. The van der Waals surface area contributed by atoms with Gasteiger partial charge in [-0.3, -0.25) is 9.59 Å². The molecular formula is C25H21BrN2O4. The van der Waals surface area contributed by atoms with Crippen LogP contribution in [-0.2, 0) is 4.79 Å². The molecule has 0 aliphatic heterocycles. The van der Waals surface area contributed by atoms with E-state index in [0.29, 0.717) is 22.3 Å². The molecule has 3 aromatic carbocycles. The van der Waals surface area contributed by atoms with Crippen LogP contribution in [0.4, 0.5) is 5.69 Å². The van der Waals surface area contributed by atoms with Crippen LogP contribution < -0.4 is 14.8 Å². The molecule has 0 saturated carbocycles. The monoisotopic (exact) mass is 492 g/mol. The lowest BCUT2D eigenvalue weighted by molar-refractivity contribution is -0.112. The molecule has 6 nitrogen and oxygen atoms in total. The van der Waals surface area contributed by atoms with Crippen LogP contribution in [0.1, 0.15) is 15.9 Å². The van der Waals surface area contributed by atoms with E-state index in [1.54, 1.807) is 31.5 Å². The Morgan fingerprint density at radius 3 is 2.22 bits per heavy atom. The predicted molar refractivity (Wildman–Crippen MR) is 129 cm³/mol. The van der Waals surface area contributed by atoms with Gasteiger partial charge in [-0.05, 0) is 36.8 Å². The molecule has 32 heavy (non-hydrogen) atoms. The predicted octanol–water partition coefficient (Wildman–Crippen LogP) is 5.74. The Hall–Kier alpha value is -3.58. The number of halogens is 1. The summed E-state index contributed by atoms with van der Waals surface area (Å²) >= 11 is 3.45. The number of hydrogen-bond donors (Lipinski definition) is 2. The van der Waals surface area contributed by atoms with E-state index >= 15 is 0 Å². The number of fused-ring (bicyclic) bond motifs is 1. The molecule has 7 heteroatoms. The van der Waals surface area contributed by atoms with Crippen LogP contribution in [0, 0.1) is 6.92 Å². The summed E-state index contributed by atoms with van der Waals surface area (Å²) in [6.45, 7) is 1.95. The van der Waals surface area contributed by atoms with Crippen LogP contribution >= 0.6 is 15.9 Å². The van der Waals surface area contributed by atoms with Gasteiger partial charge < -0.3 is 19.8 Å². The quantitative estimate of drug-likeness (QED) is 0.265. The Balaban J connectivity index is 1.83. The summed E-state index contributed by atoms with van der Waals surface area (Å²) in [4.78, 5) is 29.2. The molecule has 0 radical (unpaired) electrons. The van der Waals surface area contributed by atoms with Gasteiger partial charge >= 0.3 is 0 Å². The molecule has 0 unspecified atom stereocenters. The minimum absolute atomic E-state index is 0.149. The van der Waals surface area contributed by atoms with Crippen molar-refractivity contribution in [3.63, 3.8) is 0 Å². The summed E-state index contributed by atoms with van der Waals surface area (Å²) in [5, 5.41) is 3.36. The molecule has 0 bridgehead atoms. The van der Waals surface area contributed by atoms with Crippen LogP contribution in [0.15, 0.2) is 65.3 Å². The van der Waals surface area contributed by atoms with Crippen molar-refractivity contribution in [3.05, 3.63) is 76.4 Å². The molecule has 0 fully saturated rings. The van der Waals surface area contributed by atoms with Gasteiger partial charge in [0.25, 0.3) is 11.7 Å². The number of ketones is 1. The molecule has 1 aromatic heterocycles. The number of hydrogen-bond acceptors (Lipinski definition) is 4. The molecule has 1 amide bonds. The fraction of sp³-hybridized carbons (Fsp3) is 0.120. The largest absolute Gasteiger partial charge is 0.496 e.